The smallest absolute Gasteiger partial charge is 0.172 e. The van der Waals surface area contributed by atoms with E-state index in [0.29, 0.717) is 11.7 Å². The predicted molar refractivity (Wildman–Crippen MR) is 69.9 cm³/mol. The predicted octanol–water partition coefficient (Wildman–Crippen LogP) is 2.68. The molecule has 1 saturated carbocycles. The van der Waals surface area contributed by atoms with Gasteiger partial charge in [0.25, 0.3) is 0 Å². The number of aryl methyl sites for hydroxylation is 1. The number of nitrogens with one attached hydrogen (secondary N) is 1. The van der Waals surface area contributed by atoms with E-state index in [0.717, 1.165) is 16.4 Å². The molecule has 5 heteroatoms. The molecular formula is C12H14N4S. The van der Waals surface area contributed by atoms with Crippen LogP contribution in [0.1, 0.15) is 30.0 Å². The second-order valence-electron chi connectivity index (χ2n) is 4.35. The molecule has 0 amide bonds. The quantitative estimate of drug-likeness (QED) is 0.645. The number of aromatic nitrogens is 2. The van der Waals surface area contributed by atoms with Crippen molar-refractivity contribution in [3.8, 4) is 10.7 Å². The average Bonchev–Trinajstić information content (AvgIpc) is 3.11. The molecule has 0 aromatic carbocycles. The van der Waals surface area contributed by atoms with Crippen LogP contribution < -0.4 is 11.3 Å². The van der Waals surface area contributed by atoms with Gasteiger partial charge in [0.2, 0.25) is 0 Å². The molecule has 0 aliphatic heterocycles. The minimum absolute atomic E-state index is 0.601. The number of nitrogen functional groups attached to an aromatic ring is 1. The topological polar surface area (TPSA) is 63.8 Å². The first-order valence-electron chi connectivity index (χ1n) is 5.68. The largest absolute Gasteiger partial charge is 0.308 e. The van der Waals surface area contributed by atoms with Gasteiger partial charge in [-0.05, 0) is 36.8 Å². The highest BCUT2D eigenvalue weighted by Gasteiger charge is 2.26. The molecule has 3 N–H and O–H groups in total. The highest BCUT2D eigenvalue weighted by molar-refractivity contribution is 7.13. The first-order chi connectivity index (χ1) is 8.28. The van der Waals surface area contributed by atoms with E-state index < -0.39 is 0 Å². The zero-order valence-electron chi connectivity index (χ0n) is 9.60. The van der Waals surface area contributed by atoms with Crippen molar-refractivity contribution in [3.63, 3.8) is 0 Å². The molecule has 1 aliphatic rings. The molecule has 3 rings (SSSR count). The molecule has 0 saturated heterocycles. The summed E-state index contributed by atoms with van der Waals surface area (Å²) in [7, 11) is 0. The van der Waals surface area contributed by atoms with Crippen LogP contribution in [0.4, 0.5) is 5.82 Å². The van der Waals surface area contributed by atoms with Crippen molar-refractivity contribution in [3.05, 3.63) is 28.8 Å². The number of anilines is 1. The van der Waals surface area contributed by atoms with Gasteiger partial charge in [0.05, 0.1) is 4.88 Å². The highest BCUT2D eigenvalue weighted by atomic mass is 32.1. The summed E-state index contributed by atoms with van der Waals surface area (Å²) in [6.45, 7) is 2.08. The van der Waals surface area contributed by atoms with Gasteiger partial charge in [-0.25, -0.2) is 15.8 Å². The van der Waals surface area contributed by atoms with E-state index in [4.69, 9.17) is 5.84 Å². The molecule has 2 aromatic heterocycles. The SMILES string of the molecule is Cc1ccsc1-c1nc(NN)cc(C2CC2)n1. The van der Waals surface area contributed by atoms with Crippen LogP contribution in [-0.2, 0) is 0 Å². The Morgan fingerprint density at radius 1 is 1.41 bits per heavy atom. The number of nitrogens with zero attached hydrogens (tertiary/aromatic N) is 2. The summed E-state index contributed by atoms with van der Waals surface area (Å²) in [5.41, 5.74) is 4.95. The lowest BCUT2D eigenvalue weighted by Crippen LogP contribution is -2.10. The lowest BCUT2D eigenvalue weighted by Gasteiger charge is -2.06. The van der Waals surface area contributed by atoms with Gasteiger partial charge in [0.1, 0.15) is 5.82 Å². The summed E-state index contributed by atoms with van der Waals surface area (Å²) >= 11 is 1.67. The minimum atomic E-state index is 0.601. The number of hydrogen-bond donors (Lipinski definition) is 2. The molecule has 88 valence electrons. The Morgan fingerprint density at radius 3 is 2.82 bits per heavy atom. The summed E-state index contributed by atoms with van der Waals surface area (Å²) in [4.78, 5) is 10.2. The van der Waals surface area contributed by atoms with Gasteiger partial charge in [-0.2, -0.15) is 0 Å². The van der Waals surface area contributed by atoms with Crippen molar-refractivity contribution in [1.82, 2.24) is 9.97 Å². The summed E-state index contributed by atoms with van der Waals surface area (Å²) < 4.78 is 0. The third-order valence-electron chi connectivity index (χ3n) is 2.95. The Balaban J connectivity index is 2.09. The molecular weight excluding hydrogens is 232 g/mol. The van der Waals surface area contributed by atoms with Gasteiger partial charge in [-0.1, -0.05) is 0 Å². The third kappa shape index (κ3) is 2.03. The fourth-order valence-electron chi connectivity index (χ4n) is 1.83. The van der Waals surface area contributed by atoms with Crippen molar-refractivity contribution in [2.75, 3.05) is 5.43 Å². The van der Waals surface area contributed by atoms with Crippen LogP contribution in [0.3, 0.4) is 0 Å². The molecule has 0 radical (unpaired) electrons. The molecule has 4 nitrogen and oxygen atoms in total. The number of hydrogen-bond acceptors (Lipinski definition) is 5. The summed E-state index contributed by atoms with van der Waals surface area (Å²) in [5, 5.41) is 2.06. The zero-order chi connectivity index (χ0) is 11.8. The maximum Gasteiger partial charge on any atom is 0.172 e. The molecule has 17 heavy (non-hydrogen) atoms. The molecule has 2 heterocycles. The first-order valence-corrected chi connectivity index (χ1v) is 6.56. The minimum Gasteiger partial charge on any atom is -0.308 e. The number of thiophene rings is 1. The molecule has 1 fully saturated rings. The van der Waals surface area contributed by atoms with Crippen molar-refractivity contribution >= 4 is 17.2 Å². The van der Waals surface area contributed by atoms with Crippen LogP contribution in [-0.4, -0.2) is 9.97 Å². The van der Waals surface area contributed by atoms with E-state index in [1.165, 1.54) is 18.4 Å². The lowest BCUT2D eigenvalue weighted by molar-refractivity contribution is 0.992. The first kappa shape index (κ1) is 10.7. The maximum absolute atomic E-state index is 5.46. The zero-order valence-corrected chi connectivity index (χ0v) is 10.4. The van der Waals surface area contributed by atoms with Crippen molar-refractivity contribution < 1.29 is 0 Å². The van der Waals surface area contributed by atoms with Crippen LogP contribution in [0, 0.1) is 6.92 Å². The molecule has 0 unspecified atom stereocenters. The number of nitrogens with two attached hydrogens (primary N) is 1. The van der Waals surface area contributed by atoms with Crippen molar-refractivity contribution in [2.45, 2.75) is 25.7 Å². The molecule has 0 spiro atoms. The van der Waals surface area contributed by atoms with Gasteiger partial charge >= 0.3 is 0 Å². The summed E-state index contributed by atoms with van der Waals surface area (Å²) in [6, 6.07) is 4.03. The van der Waals surface area contributed by atoms with E-state index in [1.54, 1.807) is 11.3 Å². The average molecular weight is 246 g/mol. The number of hydrazine groups is 1. The Morgan fingerprint density at radius 2 is 2.24 bits per heavy atom. The Labute approximate surface area is 104 Å². The second-order valence-corrected chi connectivity index (χ2v) is 5.27. The van der Waals surface area contributed by atoms with E-state index in [9.17, 15) is 0 Å². The normalized spacial score (nSPS) is 14.9. The molecule has 0 bridgehead atoms. The van der Waals surface area contributed by atoms with Crippen LogP contribution >= 0.6 is 11.3 Å². The fourth-order valence-corrected chi connectivity index (χ4v) is 2.69. The van der Waals surface area contributed by atoms with Gasteiger partial charge in [0, 0.05) is 17.7 Å². The van der Waals surface area contributed by atoms with E-state index in [1.807, 2.05) is 6.07 Å². The number of rotatable bonds is 3. The van der Waals surface area contributed by atoms with E-state index in [-0.39, 0.29) is 0 Å². The van der Waals surface area contributed by atoms with Gasteiger partial charge in [-0.3, -0.25) is 0 Å². The van der Waals surface area contributed by atoms with Crippen LogP contribution in [0.2, 0.25) is 0 Å². The van der Waals surface area contributed by atoms with Crippen molar-refractivity contribution in [2.24, 2.45) is 5.84 Å². The van der Waals surface area contributed by atoms with Crippen LogP contribution in [0.15, 0.2) is 17.5 Å². The van der Waals surface area contributed by atoms with Crippen LogP contribution in [0.5, 0.6) is 0 Å². The van der Waals surface area contributed by atoms with Crippen LogP contribution in [0.25, 0.3) is 10.7 Å². The summed E-state index contributed by atoms with van der Waals surface area (Å²) in [6.07, 6.45) is 2.45. The third-order valence-corrected chi connectivity index (χ3v) is 3.97. The monoisotopic (exact) mass is 246 g/mol. The lowest BCUT2D eigenvalue weighted by atomic mass is 10.2. The Bertz CT molecular complexity index is 545. The van der Waals surface area contributed by atoms with E-state index in [2.05, 4.69) is 33.8 Å². The molecule has 0 atom stereocenters. The van der Waals surface area contributed by atoms with Gasteiger partial charge in [-0.15, -0.1) is 11.3 Å². The van der Waals surface area contributed by atoms with Crippen molar-refractivity contribution in [1.29, 1.82) is 0 Å². The summed E-state index contributed by atoms with van der Waals surface area (Å²) in [5.74, 6) is 7.55. The standard InChI is InChI=1S/C12H14N4S/c1-7-4-5-17-11(7)12-14-9(8-2-3-8)6-10(15-12)16-13/h4-6,8H,2-3,13H2,1H3,(H,14,15,16). The van der Waals surface area contributed by atoms with Gasteiger partial charge < -0.3 is 5.43 Å². The fraction of sp³-hybridized carbons (Fsp3) is 0.333. The molecule has 1 aliphatic carbocycles. The highest BCUT2D eigenvalue weighted by Crippen LogP contribution is 2.40. The Kier molecular flexibility index (Phi) is 2.57. The Hall–Kier alpha value is -1.46. The second kappa shape index (κ2) is 4.09. The molecule has 2 aromatic rings. The van der Waals surface area contributed by atoms with Gasteiger partial charge in [0.15, 0.2) is 5.82 Å². The van der Waals surface area contributed by atoms with E-state index >= 15 is 0 Å². The maximum atomic E-state index is 5.46.